The number of amides is 1. The van der Waals surface area contributed by atoms with Gasteiger partial charge in [-0.1, -0.05) is 60.1 Å². The molecule has 27 heavy (non-hydrogen) atoms. The Morgan fingerprint density at radius 1 is 1.00 bits per heavy atom. The summed E-state index contributed by atoms with van der Waals surface area (Å²) < 4.78 is 0. The van der Waals surface area contributed by atoms with E-state index in [2.05, 4.69) is 26.4 Å². The van der Waals surface area contributed by atoms with Crippen molar-refractivity contribution in [2.24, 2.45) is 5.10 Å². The van der Waals surface area contributed by atoms with Crippen LogP contribution in [0.3, 0.4) is 0 Å². The van der Waals surface area contributed by atoms with Gasteiger partial charge in [0.25, 0.3) is 5.91 Å². The molecule has 0 bridgehead atoms. The lowest BCUT2D eigenvalue weighted by Crippen LogP contribution is -2.48. The van der Waals surface area contributed by atoms with Gasteiger partial charge in [-0.2, -0.15) is 5.10 Å². The SMILES string of the molecule is C/C(=N/NC(=O)CN1CCN(Cc2ccccc2Cl)CC1)c1ccccc1. The maximum Gasteiger partial charge on any atom is 0.254 e. The number of hydrogen-bond donors (Lipinski definition) is 1. The maximum absolute atomic E-state index is 12.2. The Bertz CT molecular complexity index is 786. The summed E-state index contributed by atoms with van der Waals surface area (Å²) in [5, 5.41) is 5.02. The molecule has 1 N–H and O–H groups in total. The molecule has 0 saturated carbocycles. The van der Waals surface area contributed by atoms with Gasteiger partial charge in [-0.3, -0.25) is 14.6 Å². The van der Waals surface area contributed by atoms with Gasteiger partial charge >= 0.3 is 0 Å². The predicted octanol–water partition coefficient (Wildman–Crippen LogP) is 3.00. The largest absolute Gasteiger partial charge is 0.296 e. The Morgan fingerprint density at radius 3 is 2.33 bits per heavy atom. The van der Waals surface area contributed by atoms with Crippen molar-refractivity contribution in [3.8, 4) is 0 Å². The summed E-state index contributed by atoms with van der Waals surface area (Å²) in [5.74, 6) is -0.0789. The van der Waals surface area contributed by atoms with Crippen LogP contribution in [0.25, 0.3) is 0 Å². The smallest absolute Gasteiger partial charge is 0.254 e. The summed E-state index contributed by atoms with van der Waals surface area (Å²) in [6.45, 7) is 6.67. The average Bonchev–Trinajstić information content (AvgIpc) is 2.70. The molecule has 142 valence electrons. The zero-order valence-corrected chi connectivity index (χ0v) is 16.3. The van der Waals surface area contributed by atoms with E-state index >= 15 is 0 Å². The number of piperazine rings is 1. The van der Waals surface area contributed by atoms with E-state index in [1.165, 1.54) is 0 Å². The molecule has 1 amide bonds. The first-order valence-corrected chi connectivity index (χ1v) is 9.56. The molecule has 1 aliphatic heterocycles. The first-order chi connectivity index (χ1) is 13.1. The minimum absolute atomic E-state index is 0.0789. The van der Waals surface area contributed by atoms with E-state index in [1.54, 1.807) is 0 Å². The van der Waals surface area contributed by atoms with E-state index in [4.69, 9.17) is 11.6 Å². The summed E-state index contributed by atoms with van der Waals surface area (Å²) in [5.41, 5.74) is 5.62. The van der Waals surface area contributed by atoms with E-state index in [1.807, 2.05) is 55.5 Å². The summed E-state index contributed by atoms with van der Waals surface area (Å²) in [6.07, 6.45) is 0. The third kappa shape index (κ3) is 5.89. The van der Waals surface area contributed by atoms with Gasteiger partial charge in [-0.25, -0.2) is 5.43 Å². The van der Waals surface area contributed by atoms with Crippen LogP contribution >= 0.6 is 11.6 Å². The Balaban J connectivity index is 1.42. The van der Waals surface area contributed by atoms with Crippen molar-refractivity contribution in [3.05, 3.63) is 70.7 Å². The summed E-state index contributed by atoms with van der Waals surface area (Å²) in [6, 6.07) is 17.8. The van der Waals surface area contributed by atoms with Crippen LogP contribution in [-0.2, 0) is 11.3 Å². The fourth-order valence-corrected chi connectivity index (χ4v) is 3.30. The number of hydrogen-bond acceptors (Lipinski definition) is 4. The quantitative estimate of drug-likeness (QED) is 0.615. The Morgan fingerprint density at radius 2 is 1.63 bits per heavy atom. The lowest BCUT2D eigenvalue weighted by molar-refractivity contribution is -0.122. The van der Waals surface area contributed by atoms with Gasteiger partial charge in [0, 0.05) is 37.7 Å². The van der Waals surface area contributed by atoms with Gasteiger partial charge in [0.05, 0.1) is 12.3 Å². The van der Waals surface area contributed by atoms with E-state index in [0.29, 0.717) is 6.54 Å². The molecule has 0 spiro atoms. The highest BCUT2D eigenvalue weighted by atomic mass is 35.5. The van der Waals surface area contributed by atoms with Crippen LogP contribution in [0.2, 0.25) is 5.02 Å². The van der Waals surface area contributed by atoms with Gasteiger partial charge in [0.2, 0.25) is 0 Å². The molecule has 0 aromatic heterocycles. The van der Waals surface area contributed by atoms with Crippen LogP contribution in [0.1, 0.15) is 18.1 Å². The van der Waals surface area contributed by atoms with Crippen LogP contribution < -0.4 is 5.43 Å². The number of benzene rings is 2. The third-order valence-corrected chi connectivity index (χ3v) is 5.09. The minimum Gasteiger partial charge on any atom is -0.296 e. The van der Waals surface area contributed by atoms with E-state index in [9.17, 15) is 4.79 Å². The number of hydrazone groups is 1. The molecule has 2 aromatic rings. The van der Waals surface area contributed by atoms with Crippen LogP contribution in [0, 0.1) is 0 Å². The lowest BCUT2D eigenvalue weighted by atomic mass is 10.1. The monoisotopic (exact) mass is 384 g/mol. The maximum atomic E-state index is 12.2. The molecule has 1 aliphatic rings. The van der Waals surface area contributed by atoms with Gasteiger partial charge in [-0.05, 0) is 24.1 Å². The van der Waals surface area contributed by atoms with Crippen molar-refractivity contribution in [3.63, 3.8) is 0 Å². The number of nitrogens with one attached hydrogen (secondary N) is 1. The van der Waals surface area contributed by atoms with E-state index in [-0.39, 0.29) is 5.91 Å². The Hall–Kier alpha value is -2.21. The second-order valence-electron chi connectivity index (χ2n) is 6.74. The third-order valence-electron chi connectivity index (χ3n) is 4.72. The van der Waals surface area contributed by atoms with Crippen molar-refractivity contribution >= 4 is 23.2 Å². The van der Waals surface area contributed by atoms with Gasteiger partial charge < -0.3 is 0 Å². The standard InChI is InChI=1S/C21H25ClN4O/c1-17(18-7-3-2-4-8-18)23-24-21(27)16-26-13-11-25(12-14-26)15-19-9-5-6-10-20(19)22/h2-10H,11-16H2,1H3,(H,24,27)/b23-17-. The lowest BCUT2D eigenvalue weighted by Gasteiger charge is -2.34. The molecule has 1 fully saturated rings. The molecule has 2 aromatic carbocycles. The Labute approximate surface area is 165 Å². The molecule has 0 atom stereocenters. The van der Waals surface area contributed by atoms with Gasteiger partial charge in [-0.15, -0.1) is 0 Å². The van der Waals surface area contributed by atoms with Crippen molar-refractivity contribution in [2.75, 3.05) is 32.7 Å². The number of rotatable bonds is 6. The molecule has 5 nitrogen and oxygen atoms in total. The highest BCUT2D eigenvalue weighted by Crippen LogP contribution is 2.17. The minimum atomic E-state index is -0.0789. The van der Waals surface area contributed by atoms with Crippen molar-refractivity contribution < 1.29 is 4.79 Å². The molecule has 0 aliphatic carbocycles. The topological polar surface area (TPSA) is 47.9 Å². The summed E-state index contributed by atoms with van der Waals surface area (Å²) in [7, 11) is 0. The number of nitrogens with zero attached hydrogens (tertiary/aromatic N) is 3. The fraction of sp³-hybridized carbons (Fsp3) is 0.333. The first-order valence-electron chi connectivity index (χ1n) is 9.18. The summed E-state index contributed by atoms with van der Waals surface area (Å²) >= 11 is 6.24. The second-order valence-corrected chi connectivity index (χ2v) is 7.15. The predicted molar refractivity (Wildman–Crippen MR) is 110 cm³/mol. The molecule has 0 unspecified atom stereocenters. The van der Waals surface area contributed by atoms with Gasteiger partial charge in [0.15, 0.2) is 0 Å². The normalized spacial score (nSPS) is 16.3. The van der Waals surface area contributed by atoms with Crippen LogP contribution in [-0.4, -0.2) is 54.1 Å². The number of carbonyl (C=O) groups is 1. The highest BCUT2D eigenvalue weighted by Gasteiger charge is 2.19. The van der Waals surface area contributed by atoms with E-state index in [0.717, 1.165) is 54.6 Å². The molecule has 1 heterocycles. The van der Waals surface area contributed by atoms with E-state index < -0.39 is 0 Å². The molecule has 3 rings (SSSR count). The van der Waals surface area contributed by atoms with Crippen molar-refractivity contribution in [1.82, 2.24) is 15.2 Å². The number of carbonyl (C=O) groups excluding carboxylic acids is 1. The zero-order chi connectivity index (χ0) is 19.1. The molecule has 1 saturated heterocycles. The summed E-state index contributed by atoms with van der Waals surface area (Å²) in [4.78, 5) is 16.7. The zero-order valence-electron chi connectivity index (χ0n) is 15.6. The Kier molecular flexibility index (Phi) is 6.98. The average molecular weight is 385 g/mol. The second kappa shape index (κ2) is 9.65. The first kappa shape index (κ1) is 19.5. The van der Waals surface area contributed by atoms with Crippen molar-refractivity contribution in [2.45, 2.75) is 13.5 Å². The molecule has 0 radical (unpaired) electrons. The van der Waals surface area contributed by atoms with Gasteiger partial charge in [0.1, 0.15) is 0 Å². The van der Waals surface area contributed by atoms with Crippen LogP contribution in [0.4, 0.5) is 0 Å². The molecular weight excluding hydrogens is 360 g/mol. The number of halogens is 1. The molecular formula is C21H25ClN4O. The fourth-order valence-electron chi connectivity index (χ4n) is 3.10. The van der Waals surface area contributed by atoms with Crippen LogP contribution in [0.15, 0.2) is 59.7 Å². The van der Waals surface area contributed by atoms with Crippen LogP contribution in [0.5, 0.6) is 0 Å². The van der Waals surface area contributed by atoms with Crippen molar-refractivity contribution in [1.29, 1.82) is 0 Å². The molecule has 6 heteroatoms. The highest BCUT2D eigenvalue weighted by molar-refractivity contribution is 6.31.